The van der Waals surface area contributed by atoms with Crippen LogP contribution in [0.4, 0.5) is 5.82 Å². The number of aryl methyl sites for hydroxylation is 4. The highest BCUT2D eigenvalue weighted by atomic mass is 16.5. The Hall–Kier alpha value is -2.43. The molecule has 7 nitrogen and oxygen atoms in total. The zero-order valence-corrected chi connectivity index (χ0v) is 15.6. The monoisotopic (exact) mass is 356 g/mol. The van der Waals surface area contributed by atoms with Gasteiger partial charge in [-0.3, -0.25) is 0 Å². The number of rotatable bonds is 5. The van der Waals surface area contributed by atoms with E-state index in [-0.39, 0.29) is 12.1 Å². The Labute approximate surface area is 153 Å². The van der Waals surface area contributed by atoms with Crippen molar-refractivity contribution in [2.75, 3.05) is 18.5 Å². The summed E-state index contributed by atoms with van der Waals surface area (Å²) >= 11 is 0. The van der Waals surface area contributed by atoms with Gasteiger partial charge in [-0.15, -0.1) is 0 Å². The number of anilines is 1. The van der Waals surface area contributed by atoms with Crippen LogP contribution in [0.5, 0.6) is 0 Å². The van der Waals surface area contributed by atoms with E-state index in [0.717, 1.165) is 34.7 Å². The fourth-order valence-corrected chi connectivity index (χ4v) is 3.02. The smallest absolute Gasteiger partial charge is 0.144 e. The van der Waals surface area contributed by atoms with Gasteiger partial charge in [-0.05, 0) is 45.7 Å². The molecule has 2 atom stereocenters. The minimum atomic E-state index is -0.146. The normalized spacial score (nSPS) is 20.0. The van der Waals surface area contributed by atoms with Crippen LogP contribution in [0.25, 0.3) is 0 Å². The van der Waals surface area contributed by atoms with Crippen LogP contribution in [0.15, 0.2) is 10.6 Å². The molecule has 0 unspecified atom stereocenters. The third-order valence-electron chi connectivity index (χ3n) is 4.84. The van der Waals surface area contributed by atoms with Crippen LogP contribution in [0.3, 0.4) is 0 Å². The van der Waals surface area contributed by atoms with Crippen molar-refractivity contribution in [3.05, 3.63) is 39.9 Å². The van der Waals surface area contributed by atoms with Gasteiger partial charge in [-0.25, -0.2) is 4.98 Å². The van der Waals surface area contributed by atoms with Gasteiger partial charge >= 0.3 is 0 Å². The van der Waals surface area contributed by atoms with Crippen LogP contribution < -0.4 is 5.32 Å². The predicted octanol–water partition coefficient (Wildman–Crippen LogP) is 2.96. The van der Waals surface area contributed by atoms with E-state index in [4.69, 9.17) is 14.0 Å². The molecule has 2 aromatic rings. The van der Waals surface area contributed by atoms with E-state index >= 15 is 0 Å². The van der Waals surface area contributed by atoms with Gasteiger partial charge in [0.25, 0.3) is 0 Å². The highest BCUT2D eigenvalue weighted by Gasteiger charge is 2.28. The lowest BCUT2D eigenvalue weighted by molar-refractivity contribution is -0.0641. The number of nitrogens with one attached hydrogen (secondary N) is 1. The summed E-state index contributed by atoms with van der Waals surface area (Å²) in [5, 5.41) is 16.8. The Morgan fingerprint density at radius 1 is 1.31 bits per heavy atom. The molecule has 0 saturated carbocycles. The summed E-state index contributed by atoms with van der Waals surface area (Å²) in [6.07, 6.45) is 0.638. The molecule has 0 aromatic carbocycles. The molecule has 138 valence electrons. The maximum absolute atomic E-state index is 9.42. The lowest BCUT2D eigenvalue weighted by atomic mass is 10.0. The average molecular weight is 356 g/mol. The van der Waals surface area contributed by atoms with E-state index in [1.807, 2.05) is 33.8 Å². The van der Waals surface area contributed by atoms with Crippen LogP contribution in [-0.4, -0.2) is 35.5 Å². The first-order valence-electron chi connectivity index (χ1n) is 8.75. The lowest BCUT2D eigenvalue weighted by Gasteiger charge is -2.32. The van der Waals surface area contributed by atoms with Gasteiger partial charge in [-0.1, -0.05) is 5.16 Å². The molecular weight excluding hydrogens is 332 g/mol. The van der Waals surface area contributed by atoms with Crippen LogP contribution in [0, 0.1) is 39.0 Å². The van der Waals surface area contributed by atoms with Crippen molar-refractivity contribution in [1.82, 2.24) is 10.1 Å². The molecule has 0 aliphatic carbocycles. The molecule has 1 fully saturated rings. The number of pyridine rings is 1. The van der Waals surface area contributed by atoms with E-state index in [9.17, 15) is 5.26 Å². The van der Waals surface area contributed by atoms with Gasteiger partial charge in [0.1, 0.15) is 23.8 Å². The van der Waals surface area contributed by atoms with Gasteiger partial charge in [0.2, 0.25) is 0 Å². The fourth-order valence-electron chi connectivity index (χ4n) is 3.02. The number of aromatic nitrogens is 2. The van der Waals surface area contributed by atoms with E-state index < -0.39 is 0 Å². The Kier molecular flexibility index (Phi) is 5.55. The quantitative estimate of drug-likeness (QED) is 0.880. The molecule has 0 radical (unpaired) electrons. The predicted molar refractivity (Wildman–Crippen MR) is 95.8 cm³/mol. The number of hydrogen-bond acceptors (Lipinski definition) is 7. The highest BCUT2D eigenvalue weighted by molar-refractivity contribution is 5.54. The summed E-state index contributed by atoms with van der Waals surface area (Å²) in [4.78, 5) is 4.56. The third-order valence-corrected chi connectivity index (χ3v) is 4.84. The first-order chi connectivity index (χ1) is 12.5. The Bertz CT molecular complexity index is 805. The van der Waals surface area contributed by atoms with Gasteiger partial charge in [0.15, 0.2) is 0 Å². The summed E-state index contributed by atoms with van der Waals surface area (Å²) in [7, 11) is 0. The highest BCUT2D eigenvalue weighted by Crippen LogP contribution is 2.23. The van der Waals surface area contributed by atoms with Crippen molar-refractivity contribution in [2.24, 2.45) is 0 Å². The fraction of sp³-hybridized carbons (Fsp3) is 0.526. The first-order valence-corrected chi connectivity index (χ1v) is 8.75. The molecule has 0 spiro atoms. The molecule has 1 saturated heterocycles. The minimum Gasteiger partial charge on any atom is -0.379 e. The summed E-state index contributed by atoms with van der Waals surface area (Å²) in [5.41, 5.74) is 4.27. The van der Waals surface area contributed by atoms with Gasteiger partial charge < -0.3 is 19.3 Å². The summed E-state index contributed by atoms with van der Waals surface area (Å²) < 4.78 is 16.9. The van der Waals surface area contributed by atoms with Gasteiger partial charge in [0, 0.05) is 17.9 Å². The van der Waals surface area contributed by atoms with Crippen molar-refractivity contribution in [3.8, 4) is 6.07 Å². The van der Waals surface area contributed by atoms with Crippen LogP contribution in [0.2, 0.25) is 0 Å². The summed E-state index contributed by atoms with van der Waals surface area (Å²) in [6, 6.07) is 4.10. The van der Waals surface area contributed by atoms with E-state index in [1.165, 1.54) is 0 Å². The van der Waals surface area contributed by atoms with Crippen molar-refractivity contribution >= 4 is 5.82 Å². The molecule has 3 rings (SSSR count). The zero-order chi connectivity index (χ0) is 18.7. The molecule has 2 aromatic heterocycles. The SMILES string of the molecule is Cc1cc(C#N)c(N[C@@H]2CCOC[C@H]2OCc2c(C)noc2C)nc1C. The van der Waals surface area contributed by atoms with Gasteiger partial charge in [-0.2, -0.15) is 5.26 Å². The van der Waals surface area contributed by atoms with Crippen molar-refractivity contribution < 1.29 is 14.0 Å². The average Bonchev–Trinajstić information content (AvgIpc) is 2.95. The minimum absolute atomic E-state index is 0.0194. The Morgan fingerprint density at radius 3 is 2.81 bits per heavy atom. The first kappa shape index (κ1) is 18.4. The Balaban J connectivity index is 1.73. The van der Waals surface area contributed by atoms with Crippen LogP contribution in [0.1, 0.15) is 40.3 Å². The van der Waals surface area contributed by atoms with Crippen LogP contribution >= 0.6 is 0 Å². The van der Waals surface area contributed by atoms with Gasteiger partial charge in [0.05, 0.1) is 30.5 Å². The molecular formula is C19H24N4O3. The second kappa shape index (κ2) is 7.85. The second-order valence-electron chi connectivity index (χ2n) is 6.67. The number of nitrogens with zero attached hydrogens (tertiary/aromatic N) is 3. The maximum Gasteiger partial charge on any atom is 0.144 e. The van der Waals surface area contributed by atoms with E-state index in [0.29, 0.717) is 31.2 Å². The number of nitriles is 1. The lowest BCUT2D eigenvalue weighted by Crippen LogP contribution is -2.44. The van der Waals surface area contributed by atoms with Crippen molar-refractivity contribution in [3.63, 3.8) is 0 Å². The molecule has 1 aliphatic heterocycles. The molecule has 7 heteroatoms. The standard InChI is InChI=1S/C19H24N4O3/c1-11-7-15(8-20)19(21-12(11)2)22-17-5-6-24-10-18(17)25-9-16-13(3)23-26-14(16)4/h7,17-18H,5-6,9-10H2,1-4H3,(H,21,22)/t17-,18-/m1/s1. The van der Waals surface area contributed by atoms with E-state index in [1.54, 1.807) is 0 Å². The maximum atomic E-state index is 9.42. The zero-order valence-electron chi connectivity index (χ0n) is 15.6. The molecule has 26 heavy (non-hydrogen) atoms. The second-order valence-corrected chi connectivity index (χ2v) is 6.67. The number of ether oxygens (including phenoxy) is 2. The molecule has 3 heterocycles. The largest absolute Gasteiger partial charge is 0.379 e. The van der Waals surface area contributed by atoms with Crippen molar-refractivity contribution in [2.45, 2.75) is 52.9 Å². The molecule has 0 amide bonds. The Morgan fingerprint density at radius 2 is 2.12 bits per heavy atom. The van der Waals surface area contributed by atoms with E-state index in [2.05, 4.69) is 21.5 Å². The molecule has 0 bridgehead atoms. The third kappa shape index (κ3) is 3.87. The molecule has 1 N–H and O–H groups in total. The van der Waals surface area contributed by atoms with Crippen LogP contribution in [-0.2, 0) is 16.1 Å². The topological polar surface area (TPSA) is 93.2 Å². The summed E-state index contributed by atoms with van der Waals surface area (Å²) in [5.74, 6) is 1.37. The summed E-state index contributed by atoms with van der Waals surface area (Å²) in [6.45, 7) is 9.24. The van der Waals surface area contributed by atoms with Crippen molar-refractivity contribution in [1.29, 1.82) is 5.26 Å². The number of hydrogen-bond donors (Lipinski definition) is 1. The molecule has 1 aliphatic rings.